The molecule has 0 bridgehead atoms. The molecule has 0 saturated carbocycles. The van der Waals surface area contributed by atoms with E-state index in [1.54, 1.807) is 24.3 Å². The number of amides is 2. The Hall–Kier alpha value is -4.52. The Bertz CT molecular complexity index is 1390. The minimum absolute atomic E-state index is 0.277. The normalized spacial score (nSPS) is 14.3. The number of hydrogen-bond donors (Lipinski definition) is 1. The molecule has 0 aliphatic carbocycles. The van der Waals surface area contributed by atoms with Crippen LogP contribution in [-0.2, 0) is 11.3 Å². The number of urea groups is 1. The predicted octanol–water partition coefficient (Wildman–Crippen LogP) is 5.80. The van der Waals surface area contributed by atoms with Crippen LogP contribution >= 0.6 is 0 Å². The first kappa shape index (κ1) is 23.2. The molecule has 0 unspecified atom stereocenters. The van der Waals surface area contributed by atoms with Crippen LogP contribution in [0.5, 0.6) is 5.75 Å². The molecule has 7 heteroatoms. The minimum Gasteiger partial charge on any atom is -0.494 e. The van der Waals surface area contributed by atoms with Crippen molar-refractivity contribution in [2.45, 2.75) is 19.5 Å². The number of ether oxygens (including phenoxy) is 2. The van der Waals surface area contributed by atoms with Gasteiger partial charge in [-0.2, -0.15) is 0 Å². The van der Waals surface area contributed by atoms with Gasteiger partial charge in [0.2, 0.25) is 0 Å². The fraction of sp³-hybridized carbons (Fsp3) is 0.172. The summed E-state index contributed by atoms with van der Waals surface area (Å²) in [6.07, 6.45) is 2.02. The third kappa shape index (κ3) is 4.43. The van der Waals surface area contributed by atoms with E-state index < -0.39 is 5.97 Å². The molecule has 2 amide bonds. The van der Waals surface area contributed by atoms with E-state index in [2.05, 4.69) is 16.0 Å². The van der Waals surface area contributed by atoms with Gasteiger partial charge in [0.05, 0.1) is 37.6 Å². The molecule has 36 heavy (non-hydrogen) atoms. The number of aromatic nitrogens is 1. The third-order valence-electron chi connectivity index (χ3n) is 6.27. The Morgan fingerprint density at radius 1 is 0.972 bits per heavy atom. The summed E-state index contributed by atoms with van der Waals surface area (Å²) < 4.78 is 12.6. The second-order valence-electron chi connectivity index (χ2n) is 8.47. The van der Waals surface area contributed by atoms with Gasteiger partial charge in [-0.3, -0.25) is 0 Å². The molecule has 0 saturated heterocycles. The molecule has 0 fully saturated rings. The van der Waals surface area contributed by atoms with E-state index >= 15 is 0 Å². The number of nitrogens with one attached hydrogen (secondary N) is 1. The molecule has 1 atom stereocenters. The van der Waals surface area contributed by atoms with Crippen LogP contribution in [0.25, 0.3) is 5.69 Å². The number of anilines is 1. The molecule has 1 aromatic heterocycles. The Morgan fingerprint density at radius 2 is 1.78 bits per heavy atom. The van der Waals surface area contributed by atoms with Crippen molar-refractivity contribution in [1.82, 2.24) is 9.47 Å². The molecule has 7 nitrogen and oxygen atoms in total. The van der Waals surface area contributed by atoms with Gasteiger partial charge in [-0.1, -0.05) is 36.4 Å². The second-order valence-corrected chi connectivity index (χ2v) is 8.47. The molecule has 4 aromatic rings. The molecule has 3 aromatic carbocycles. The smallest absolute Gasteiger partial charge is 0.337 e. The van der Waals surface area contributed by atoms with Gasteiger partial charge in [0.15, 0.2) is 0 Å². The first-order chi connectivity index (χ1) is 17.6. The molecular formula is C29H27N3O4. The van der Waals surface area contributed by atoms with Crippen LogP contribution in [0.15, 0.2) is 91.1 Å². The summed E-state index contributed by atoms with van der Waals surface area (Å²) >= 11 is 0. The number of hydrogen-bond acceptors (Lipinski definition) is 4. The number of carbonyl (C=O) groups is 2. The number of carbonyl (C=O) groups excluding carboxylic acids is 2. The van der Waals surface area contributed by atoms with Crippen molar-refractivity contribution in [3.8, 4) is 11.4 Å². The summed E-state index contributed by atoms with van der Waals surface area (Å²) in [7, 11) is 1.33. The summed E-state index contributed by atoms with van der Waals surface area (Å²) in [5.74, 6) is 0.323. The van der Waals surface area contributed by atoms with Gasteiger partial charge in [0.1, 0.15) is 5.75 Å². The molecule has 1 N–H and O–H groups in total. The number of esters is 1. The van der Waals surface area contributed by atoms with Crippen molar-refractivity contribution >= 4 is 17.7 Å². The van der Waals surface area contributed by atoms with Crippen LogP contribution in [0.3, 0.4) is 0 Å². The average Bonchev–Trinajstić information content (AvgIpc) is 3.33. The Kier molecular flexibility index (Phi) is 6.45. The number of nitrogens with zero attached hydrogens (tertiary/aromatic N) is 2. The lowest BCUT2D eigenvalue weighted by Crippen LogP contribution is -2.38. The molecular weight excluding hydrogens is 454 g/mol. The van der Waals surface area contributed by atoms with Crippen LogP contribution in [0.4, 0.5) is 10.5 Å². The van der Waals surface area contributed by atoms with Crippen molar-refractivity contribution in [3.63, 3.8) is 0 Å². The topological polar surface area (TPSA) is 72.8 Å². The number of fused-ring (bicyclic) bond motifs is 3. The fourth-order valence-electron chi connectivity index (χ4n) is 4.64. The Morgan fingerprint density at radius 3 is 2.56 bits per heavy atom. The van der Waals surface area contributed by atoms with E-state index in [-0.39, 0.29) is 12.1 Å². The average molecular weight is 482 g/mol. The molecule has 182 valence electrons. The van der Waals surface area contributed by atoms with E-state index in [9.17, 15) is 9.59 Å². The maximum absolute atomic E-state index is 13.8. The lowest BCUT2D eigenvalue weighted by atomic mass is 10.0. The van der Waals surface area contributed by atoms with Crippen LogP contribution in [0.1, 0.15) is 40.1 Å². The van der Waals surface area contributed by atoms with E-state index in [1.165, 1.54) is 7.11 Å². The lowest BCUT2D eigenvalue weighted by molar-refractivity contribution is 0.0600. The van der Waals surface area contributed by atoms with E-state index in [1.807, 2.05) is 72.6 Å². The van der Waals surface area contributed by atoms with Crippen molar-refractivity contribution in [1.29, 1.82) is 0 Å². The maximum atomic E-state index is 13.8. The molecule has 2 heterocycles. The molecule has 1 aliphatic rings. The van der Waals surface area contributed by atoms with Gasteiger partial charge in [0, 0.05) is 17.6 Å². The van der Waals surface area contributed by atoms with Gasteiger partial charge in [0.25, 0.3) is 0 Å². The fourth-order valence-corrected chi connectivity index (χ4v) is 4.64. The van der Waals surface area contributed by atoms with Gasteiger partial charge in [-0.15, -0.1) is 0 Å². The zero-order valence-electron chi connectivity index (χ0n) is 20.2. The van der Waals surface area contributed by atoms with E-state index in [0.717, 1.165) is 28.3 Å². The van der Waals surface area contributed by atoms with Crippen LogP contribution in [0, 0.1) is 0 Å². The first-order valence-electron chi connectivity index (χ1n) is 11.8. The monoisotopic (exact) mass is 481 g/mol. The summed E-state index contributed by atoms with van der Waals surface area (Å²) in [5, 5.41) is 2.99. The van der Waals surface area contributed by atoms with E-state index in [0.29, 0.717) is 24.4 Å². The van der Waals surface area contributed by atoms with Gasteiger partial charge >= 0.3 is 12.0 Å². The van der Waals surface area contributed by atoms with Crippen molar-refractivity contribution < 1.29 is 19.1 Å². The minimum atomic E-state index is -0.458. The molecule has 5 rings (SSSR count). The number of rotatable bonds is 5. The number of benzene rings is 3. The zero-order valence-corrected chi connectivity index (χ0v) is 20.2. The third-order valence-corrected chi connectivity index (χ3v) is 6.27. The predicted molar refractivity (Wildman–Crippen MR) is 138 cm³/mol. The van der Waals surface area contributed by atoms with Gasteiger partial charge in [-0.05, 0) is 66.6 Å². The summed E-state index contributed by atoms with van der Waals surface area (Å²) in [6.45, 7) is 2.93. The number of methoxy groups -OCH3 is 1. The summed E-state index contributed by atoms with van der Waals surface area (Å²) in [5.41, 5.74) is 4.89. The van der Waals surface area contributed by atoms with Crippen molar-refractivity contribution in [2.75, 3.05) is 19.0 Å². The van der Waals surface area contributed by atoms with Crippen LogP contribution < -0.4 is 10.1 Å². The highest BCUT2D eigenvalue weighted by molar-refractivity contribution is 5.94. The second kappa shape index (κ2) is 10.00. The highest BCUT2D eigenvalue weighted by Crippen LogP contribution is 2.37. The lowest BCUT2D eigenvalue weighted by Gasteiger charge is -2.31. The highest BCUT2D eigenvalue weighted by Gasteiger charge is 2.33. The largest absolute Gasteiger partial charge is 0.494 e. The Balaban J connectivity index is 1.56. The first-order valence-corrected chi connectivity index (χ1v) is 11.8. The highest BCUT2D eigenvalue weighted by atomic mass is 16.5. The van der Waals surface area contributed by atoms with Gasteiger partial charge < -0.3 is 24.3 Å². The number of para-hydroxylation sites is 1. The van der Waals surface area contributed by atoms with E-state index in [4.69, 9.17) is 9.47 Å². The SMILES string of the molecule is CCOc1ccc([C@@H]2c3cccn3-c3ccccc3CN2C(=O)Nc2cccc(C(=O)OC)c2)cc1. The summed E-state index contributed by atoms with van der Waals surface area (Å²) in [4.78, 5) is 27.6. The van der Waals surface area contributed by atoms with Crippen LogP contribution in [-0.4, -0.2) is 35.2 Å². The summed E-state index contributed by atoms with van der Waals surface area (Å²) in [6, 6.07) is 26.1. The van der Waals surface area contributed by atoms with Gasteiger partial charge in [-0.25, -0.2) is 9.59 Å². The zero-order chi connectivity index (χ0) is 25.1. The standard InChI is InChI=1S/C29H27N3O4/c1-3-36-24-15-13-20(14-16-24)27-26-12-7-17-31(26)25-11-5-4-8-22(25)19-32(27)29(34)30-23-10-6-9-21(18-23)28(33)35-2/h4-18,27H,3,19H2,1-2H3,(H,30,34)/t27-/m1/s1. The Labute approximate surface area is 209 Å². The quantitative estimate of drug-likeness (QED) is 0.366. The van der Waals surface area contributed by atoms with Crippen molar-refractivity contribution in [2.24, 2.45) is 0 Å². The van der Waals surface area contributed by atoms with Crippen molar-refractivity contribution in [3.05, 3.63) is 114 Å². The molecule has 0 radical (unpaired) electrons. The maximum Gasteiger partial charge on any atom is 0.337 e. The molecule has 1 aliphatic heterocycles. The van der Waals surface area contributed by atoms with Crippen LogP contribution in [0.2, 0.25) is 0 Å². The molecule has 0 spiro atoms.